The Morgan fingerprint density at radius 1 is 1.26 bits per heavy atom. The van der Waals surface area contributed by atoms with Gasteiger partial charge in [-0.15, -0.1) is 0 Å². The van der Waals surface area contributed by atoms with Crippen LogP contribution in [-0.2, 0) is 19.6 Å². The van der Waals surface area contributed by atoms with Crippen LogP contribution in [0, 0.1) is 0 Å². The molecule has 1 atom stereocenters. The van der Waals surface area contributed by atoms with Gasteiger partial charge in [0.1, 0.15) is 0 Å². The fraction of sp³-hybridized carbons (Fsp3) is 0.800. The highest BCUT2D eigenvalue weighted by Crippen LogP contribution is 2.13. The van der Waals surface area contributed by atoms with Crippen LogP contribution in [0.5, 0.6) is 0 Å². The minimum atomic E-state index is -3.85. The predicted molar refractivity (Wildman–Crippen MR) is 67.8 cm³/mol. The van der Waals surface area contributed by atoms with Gasteiger partial charge in [-0.25, -0.2) is 8.42 Å². The molecule has 1 aliphatic rings. The number of carboxylic acid groups (broad SMARTS) is 1. The molecule has 9 heteroatoms. The molecule has 8 nitrogen and oxygen atoms in total. The number of carboxylic acids is 1. The Balaban J connectivity index is 2.72. The molecular weight excluding hydrogens is 274 g/mol. The van der Waals surface area contributed by atoms with Crippen LogP contribution in [0.2, 0.25) is 0 Å². The summed E-state index contributed by atoms with van der Waals surface area (Å²) < 4.78 is 25.3. The summed E-state index contributed by atoms with van der Waals surface area (Å²) >= 11 is 0. The van der Waals surface area contributed by atoms with E-state index in [1.54, 1.807) is 4.90 Å². The first kappa shape index (κ1) is 15.9. The first-order valence-corrected chi connectivity index (χ1v) is 7.48. The zero-order chi connectivity index (χ0) is 14.6. The zero-order valence-corrected chi connectivity index (χ0v) is 11.6. The van der Waals surface area contributed by atoms with Crippen LogP contribution in [0.3, 0.4) is 0 Å². The van der Waals surface area contributed by atoms with Crippen molar-refractivity contribution < 1.29 is 23.1 Å². The molecule has 1 heterocycles. The molecule has 1 fully saturated rings. The summed E-state index contributed by atoms with van der Waals surface area (Å²) in [6.45, 7) is 2.61. The first-order chi connectivity index (χ1) is 8.75. The highest BCUT2D eigenvalue weighted by Gasteiger charge is 2.34. The number of amides is 1. The maximum Gasteiger partial charge on any atom is 0.323 e. The number of primary amides is 1. The van der Waals surface area contributed by atoms with E-state index in [1.165, 1.54) is 4.31 Å². The van der Waals surface area contributed by atoms with Gasteiger partial charge in [0.25, 0.3) is 0 Å². The third kappa shape index (κ3) is 4.15. The molecule has 0 radical (unpaired) electrons. The molecule has 0 aromatic carbocycles. The quantitative estimate of drug-likeness (QED) is 0.622. The molecule has 110 valence electrons. The lowest BCUT2D eigenvalue weighted by molar-refractivity contribution is -0.136. The van der Waals surface area contributed by atoms with Crippen molar-refractivity contribution in [2.45, 2.75) is 18.6 Å². The third-order valence-electron chi connectivity index (χ3n) is 3.08. The van der Waals surface area contributed by atoms with Crippen LogP contribution in [-0.4, -0.2) is 72.6 Å². The number of hydrogen-bond acceptors (Lipinski definition) is 5. The van der Waals surface area contributed by atoms with E-state index in [9.17, 15) is 18.0 Å². The van der Waals surface area contributed by atoms with E-state index >= 15 is 0 Å². The van der Waals surface area contributed by atoms with Crippen molar-refractivity contribution in [1.82, 2.24) is 9.21 Å². The minimum Gasteiger partial charge on any atom is -0.480 e. The Hall–Kier alpha value is -1.19. The van der Waals surface area contributed by atoms with Crippen LogP contribution >= 0.6 is 0 Å². The molecule has 1 aliphatic heterocycles. The Morgan fingerprint density at radius 3 is 2.42 bits per heavy atom. The molecule has 3 N–H and O–H groups in total. The van der Waals surface area contributed by atoms with Crippen molar-refractivity contribution in [3.63, 3.8) is 0 Å². The number of nitrogens with zero attached hydrogens (tertiary/aromatic N) is 2. The summed E-state index contributed by atoms with van der Waals surface area (Å²) in [6.07, 6.45) is 0.541. The van der Waals surface area contributed by atoms with Crippen LogP contribution < -0.4 is 5.73 Å². The third-order valence-corrected chi connectivity index (χ3v) is 5.26. The number of carbonyl (C=O) groups is 2. The van der Waals surface area contributed by atoms with Crippen molar-refractivity contribution in [2.24, 2.45) is 5.73 Å². The lowest BCUT2D eigenvalue weighted by Gasteiger charge is -2.22. The van der Waals surface area contributed by atoms with Gasteiger partial charge in [0.15, 0.2) is 5.25 Å². The molecule has 0 aliphatic carbocycles. The Bertz CT molecular complexity index is 450. The monoisotopic (exact) mass is 293 g/mol. The fourth-order valence-corrected chi connectivity index (χ4v) is 3.35. The molecule has 1 saturated heterocycles. The smallest absolute Gasteiger partial charge is 0.323 e. The Morgan fingerprint density at radius 2 is 1.89 bits per heavy atom. The lowest BCUT2D eigenvalue weighted by Crippen LogP contribution is -2.43. The molecule has 1 rings (SSSR count). The number of nitrogens with two attached hydrogens (primary N) is 1. The standard InChI is InChI=1S/C10H19N3O5S/c1-8(10(15)16)19(17,18)13-4-2-3-12(5-6-13)7-9(11)14/h8H,2-7H2,1H3,(H2,11,14)(H,15,16). The van der Waals surface area contributed by atoms with Crippen molar-refractivity contribution in [3.05, 3.63) is 0 Å². The van der Waals surface area contributed by atoms with Gasteiger partial charge >= 0.3 is 5.97 Å². The molecule has 0 bridgehead atoms. The number of sulfonamides is 1. The molecular formula is C10H19N3O5S. The van der Waals surface area contributed by atoms with E-state index in [1.807, 2.05) is 0 Å². The van der Waals surface area contributed by atoms with Gasteiger partial charge < -0.3 is 10.8 Å². The van der Waals surface area contributed by atoms with Crippen molar-refractivity contribution in [2.75, 3.05) is 32.7 Å². The molecule has 0 saturated carbocycles. The predicted octanol–water partition coefficient (Wildman–Crippen LogP) is -1.72. The summed E-state index contributed by atoms with van der Waals surface area (Å²) in [4.78, 5) is 23.4. The summed E-state index contributed by atoms with van der Waals surface area (Å²) in [5.74, 6) is -1.83. The number of hydrogen-bond donors (Lipinski definition) is 2. The van der Waals surface area contributed by atoms with Crippen molar-refractivity contribution >= 4 is 21.9 Å². The topological polar surface area (TPSA) is 121 Å². The summed E-state index contributed by atoms with van der Waals surface area (Å²) in [6, 6.07) is 0. The molecule has 1 amide bonds. The summed E-state index contributed by atoms with van der Waals surface area (Å²) in [5, 5.41) is 7.35. The van der Waals surface area contributed by atoms with Crippen LogP contribution in [0.15, 0.2) is 0 Å². The number of rotatable bonds is 5. The van der Waals surface area contributed by atoms with Crippen molar-refractivity contribution in [3.8, 4) is 0 Å². The van der Waals surface area contributed by atoms with E-state index in [0.717, 1.165) is 6.92 Å². The van der Waals surface area contributed by atoms with E-state index < -0.39 is 27.1 Å². The van der Waals surface area contributed by atoms with Gasteiger partial charge in [-0.1, -0.05) is 0 Å². The van der Waals surface area contributed by atoms with E-state index in [0.29, 0.717) is 19.5 Å². The molecule has 0 aromatic heterocycles. The Labute approximate surface area is 112 Å². The van der Waals surface area contributed by atoms with Crippen molar-refractivity contribution in [1.29, 1.82) is 0 Å². The highest BCUT2D eigenvalue weighted by atomic mass is 32.2. The van der Waals surface area contributed by atoms with Gasteiger partial charge in [0, 0.05) is 19.6 Å². The maximum atomic E-state index is 12.0. The highest BCUT2D eigenvalue weighted by molar-refractivity contribution is 7.90. The SMILES string of the molecule is CC(C(=O)O)S(=O)(=O)N1CCCN(CC(N)=O)CC1. The van der Waals surface area contributed by atoms with E-state index in [-0.39, 0.29) is 19.6 Å². The van der Waals surface area contributed by atoms with Crippen LogP contribution in [0.25, 0.3) is 0 Å². The fourth-order valence-electron chi connectivity index (χ4n) is 1.93. The van der Waals surface area contributed by atoms with Gasteiger partial charge in [-0.3, -0.25) is 14.5 Å². The van der Waals surface area contributed by atoms with Gasteiger partial charge in [0.2, 0.25) is 15.9 Å². The molecule has 0 spiro atoms. The average molecular weight is 293 g/mol. The zero-order valence-electron chi connectivity index (χ0n) is 10.8. The Kier molecular flexibility index (Phi) is 5.27. The van der Waals surface area contributed by atoms with Gasteiger partial charge in [-0.05, 0) is 19.9 Å². The maximum absolute atomic E-state index is 12.0. The molecule has 19 heavy (non-hydrogen) atoms. The molecule has 1 unspecified atom stereocenters. The number of carbonyl (C=O) groups excluding carboxylic acids is 1. The van der Waals surface area contributed by atoms with Crippen LogP contribution in [0.4, 0.5) is 0 Å². The normalized spacial score (nSPS) is 20.7. The molecule has 0 aromatic rings. The second kappa shape index (κ2) is 6.31. The van der Waals surface area contributed by atoms with Gasteiger partial charge in [0.05, 0.1) is 6.54 Å². The lowest BCUT2D eigenvalue weighted by atomic mass is 10.4. The average Bonchev–Trinajstić information content (AvgIpc) is 2.53. The van der Waals surface area contributed by atoms with Gasteiger partial charge in [-0.2, -0.15) is 4.31 Å². The number of aliphatic carboxylic acids is 1. The second-order valence-electron chi connectivity index (χ2n) is 4.52. The first-order valence-electron chi connectivity index (χ1n) is 5.97. The second-order valence-corrected chi connectivity index (χ2v) is 6.77. The van der Waals surface area contributed by atoms with Crippen LogP contribution in [0.1, 0.15) is 13.3 Å². The minimum absolute atomic E-state index is 0.0857. The summed E-state index contributed by atoms with van der Waals surface area (Å²) in [7, 11) is -3.85. The largest absolute Gasteiger partial charge is 0.480 e. The van der Waals surface area contributed by atoms with E-state index in [2.05, 4.69) is 0 Å². The van der Waals surface area contributed by atoms with E-state index in [4.69, 9.17) is 10.8 Å². The summed E-state index contributed by atoms with van der Waals surface area (Å²) in [5.41, 5.74) is 5.09.